The standard InChI is InChI=1S/C22H21N3O/c26-22(19-15-25-20-9-5-4-8-18(19)20)21(17-6-2-1-3-7-17)24-13-11-16-10-12-23-14-16/h1-10,14-15,21,24-25H,11-13H2/t21-/m0/s1. The van der Waals surface area contributed by atoms with E-state index in [1.54, 1.807) is 0 Å². The molecule has 0 unspecified atom stereocenters. The van der Waals surface area contributed by atoms with Crippen LogP contribution in [0, 0.1) is 0 Å². The minimum Gasteiger partial charge on any atom is -0.360 e. The van der Waals surface area contributed by atoms with Crippen molar-refractivity contribution in [2.24, 2.45) is 4.99 Å². The normalized spacial score (nSPS) is 14.5. The second-order valence-corrected chi connectivity index (χ2v) is 6.43. The first-order valence-corrected chi connectivity index (χ1v) is 8.90. The van der Waals surface area contributed by atoms with Gasteiger partial charge in [-0.25, -0.2) is 0 Å². The fourth-order valence-corrected chi connectivity index (χ4v) is 3.36. The molecule has 1 atom stereocenters. The van der Waals surface area contributed by atoms with E-state index in [0.717, 1.165) is 41.5 Å². The second kappa shape index (κ2) is 7.50. The van der Waals surface area contributed by atoms with Gasteiger partial charge in [0.05, 0.1) is 12.6 Å². The molecule has 130 valence electrons. The molecule has 1 aliphatic heterocycles. The van der Waals surface area contributed by atoms with Gasteiger partial charge in [0.2, 0.25) is 0 Å². The molecule has 0 spiro atoms. The second-order valence-electron chi connectivity index (χ2n) is 6.43. The van der Waals surface area contributed by atoms with Crippen molar-refractivity contribution in [3.8, 4) is 0 Å². The maximum atomic E-state index is 13.3. The van der Waals surface area contributed by atoms with Gasteiger partial charge < -0.3 is 10.3 Å². The molecule has 0 saturated carbocycles. The Bertz CT molecular complexity index is 969. The lowest BCUT2D eigenvalue weighted by Gasteiger charge is -2.18. The van der Waals surface area contributed by atoms with Crippen LogP contribution in [0.3, 0.4) is 0 Å². The lowest BCUT2D eigenvalue weighted by Crippen LogP contribution is -2.29. The highest BCUT2D eigenvalue weighted by Crippen LogP contribution is 2.24. The number of rotatable bonds is 7. The Labute approximate surface area is 152 Å². The van der Waals surface area contributed by atoms with E-state index in [-0.39, 0.29) is 11.8 Å². The van der Waals surface area contributed by atoms with Crippen LogP contribution in [0.5, 0.6) is 0 Å². The lowest BCUT2D eigenvalue weighted by molar-refractivity contribution is 0.0945. The van der Waals surface area contributed by atoms with Crippen LogP contribution in [-0.4, -0.2) is 30.1 Å². The number of aromatic nitrogens is 1. The molecule has 2 N–H and O–H groups in total. The Morgan fingerprint density at radius 3 is 2.73 bits per heavy atom. The molecule has 0 bridgehead atoms. The van der Waals surface area contributed by atoms with Gasteiger partial charge in [-0.15, -0.1) is 0 Å². The van der Waals surface area contributed by atoms with Crippen molar-refractivity contribution in [1.29, 1.82) is 0 Å². The first-order chi connectivity index (χ1) is 12.8. The van der Waals surface area contributed by atoms with Crippen molar-refractivity contribution in [1.82, 2.24) is 10.3 Å². The number of ketones is 1. The molecule has 4 nitrogen and oxygen atoms in total. The third-order valence-electron chi connectivity index (χ3n) is 4.73. The largest absolute Gasteiger partial charge is 0.360 e. The van der Waals surface area contributed by atoms with Crippen LogP contribution in [0.15, 0.2) is 77.4 Å². The average molecular weight is 343 g/mol. The summed E-state index contributed by atoms with van der Waals surface area (Å²) in [5, 5.41) is 4.41. The highest BCUT2D eigenvalue weighted by molar-refractivity contribution is 6.10. The van der Waals surface area contributed by atoms with Gasteiger partial charge in [-0.2, -0.15) is 0 Å². The predicted octanol–water partition coefficient (Wildman–Crippen LogP) is 4.08. The van der Waals surface area contributed by atoms with Crippen LogP contribution in [-0.2, 0) is 0 Å². The molecule has 4 heteroatoms. The summed E-state index contributed by atoms with van der Waals surface area (Å²) in [6, 6.07) is 17.5. The summed E-state index contributed by atoms with van der Waals surface area (Å²) in [6.07, 6.45) is 6.73. The number of aromatic amines is 1. The number of hydrogen-bond donors (Lipinski definition) is 2. The number of H-pyrrole nitrogens is 1. The van der Waals surface area contributed by atoms with Crippen LogP contribution in [0.1, 0.15) is 28.4 Å². The molecule has 1 aliphatic rings. The van der Waals surface area contributed by atoms with Gasteiger partial charge in [0.1, 0.15) is 0 Å². The molecule has 0 radical (unpaired) electrons. The van der Waals surface area contributed by atoms with Crippen LogP contribution in [0.2, 0.25) is 0 Å². The minimum absolute atomic E-state index is 0.0859. The van der Waals surface area contributed by atoms with Gasteiger partial charge in [0.15, 0.2) is 5.78 Å². The number of benzene rings is 2. The molecule has 26 heavy (non-hydrogen) atoms. The van der Waals surface area contributed by atoms with E-state index in [9.17, 15) is 4.79 Å². The molecule has 0 amide bonds. The van der Waals surface area contributed by atoms with E-state index in [1.807, 2.05) is 67.0 Å². The molecule has 2 aromatic carbocycles. The van der Waals surface area contributed by atoms with Crippen molar-refractivity contribution in [3.63, 3.8) is 0 Å². The van der Waals surface area contributed by atoms with Crippen molar-refractivity contribution in [3.05, 3.63) is 83.6 Å². The molecule has 4 rings (SSSR count). The number of carbonyl (C=O) groups excluding carboxylic acids is 1. The number of carbonyl (C=O) groups is 1. The van der Waals surface area contributed by atoms with Crippen LogP contribution >= 0.6 is 0 Å². The molecule has 0 aliphatic carbocycles. The van der Waals surface area contributed by atoms with E-state index in [2.05, 4.69) is 21.4 Å². The van der Waals surface area contributed by atoms with Gasteiger partial charge in [-0.3, -0.25) is 9.79 Å². The van der Waals surface area contributed by atoms with Crippen LogP contribution in [0.25, 0.3) is 10.9 Å². The maximum Gasteiger partial charge on any atom is 0.186 e. The number of nitrogens with zero attached hydrogens (tertiary/aromatic N) is 1. The molecule has 0 saturated heterocycles. The smallest absolute Gasteiger partial charge is 0.186 e. The van der Waals surface area contributed by atoms with Crippen molar-refractivity contribution in [2.75, 3.05) is 13.1 Å². The summed E-state index contributed by atoms with van der Waals surface area (Å²) >= 11 is 0. The van der Waals surface area contributed by atoms with Gasteiger partial charge in [0.25, 0.3) is 0 Å². The van der Waals surface area contributed by atoms with Gasteiger partial charge in [-0.05, 0) is 23.6 Å². The predicted molar refractivity (Wildman–Crippen MR) is 106 cm³/mol. The number of nitrogens with one attached hydrogen (secondary N) is 2. The average Bonchev–Trinajstić information content (AvgIpc) is 3.35. The van der Waals surface area contributed by atoms with E-state index in [4.69, 9.17) is 0 Å². The summed E-state index contributed by atoms with van der Waals surface area (Å²) in [4.78, 5) is 20.7. The van der Waals surface area contributed by atoms with Crippen LogP contribution in [0.4, 0.5) is 0 Å². The van der Waals surface area contributed by atoms with Crippen molar-refractivity contribution in [2.45, 2.75) is 12.5 Å². The number of hydrogen-bond acceptors (Lipinski definition) is 3. The summed E-state index contributed by atoms with van der Waals surface area (Å²) in [7, 11) is 0. The van der Waals surface area contributed by atoms with Gasteiger partial charge in [-0.1, -0.05) is 54.6 Å². The fourth-order valence-electron chi connectivity index (χ4n) is 3.36. The summed E-state index contributed by atoms with van der Waals surface area (Å²) in [5.74, 6) is 0.0859. The van der Waals surface area contributed by atoms with Crippen LogP contribution < -0.4 is 5.32 Å². The van der Waals surface area contributed by atoms with Crippen molar-refractivity contribution >= 4 is 22.9 Å². The van der Waals surface area contributed by atoms with Gasteiger partial charge >= 0.3 is 0 Å². The number of fused-ring (bicyclic) bond motifs is 1. The SMILES string of the molecule is O=C(c1c[nH]c2ccccc12)[C@@H](NCCC1=CCN=C1)c1ccccc1. The monoisotopic (exact) mass is 343 g/mol. The molecule has 1 aromatic heterocycles. The zero-order valence-corrected chi connectivity index (χ0v) is 14.5. The summed E-state index contributed by atoms with van der Waals surface area (Å²) in [5.41, 5.74) is 3.92. The zero-order valence-electron chi connectivity index (χ0n) is 14.5. The van der Waals surface area contributed by atoms with E-state index in [0.29, 0.717) is 0 Å². The Hall–Kier alpha value is -2.98. The third-order valence-corrected chi connectivity index (χ3v) is 4.73. The van der Waals surface area contributed by atoms with Gasteiger partial charge in [0, 0.05) is 35.4 Å². The molecule has 2 heterocycles. The molecular formula is C22H21N3O. The molecule has 0 fully saturated rings. The number of aliphatic imine (C=N–C) groups is 1. The Kier molecular flexibility index (Phi) is 4.75. The number of Topliss-reactive ketones (excluding diaryl/α,β-unsaturated/α-hetero) is 1. The maximum absolute atomic E-state index is 13.3. The third kappa shape index (κ3) is 3.37. The highest BCUT2D eigenvalue weighted by Gasteiger charge is 2.23. The first-order valence-electron chi connectivity index (χ1n) is 8.90. The quantitative estimate of drug-likeness (QED) is 0.635. The first kappa shape index (κ1) is 16.5. The minimum atomic E-state index is -0.366. The summed E-state index contributed by atoms with van der Waals surface area (Å²) in [6.45, 7) is 1.50. The molecular weight excluding hydrogens is 322 g/mol. The Balaban J connectivity index is 1.59. The molecule has 3 aromatic rings. The topological polar surface area (TPSA) is 57.2 Å². The Morgan fingerprint density at radius 1 is 1.12 bits per heavy atom. The Morgan fingerprint density at radius 2 is 1.92 bits per heavy atom. The summed E-state index contributed by atoms with van der Waals surface area (Å²) < 4.78 is 0. The zero-order chi connectivity index (χ0) is 17.8. The van der Waals surface area contributed by atoms with Crippen molar-refractivity contribution < 1.29 is 4.79 Å². The lowest BCUT2D eigenvalue weighted by atomic mass is 9.96. The number of para-hydroxylation sites is 1. The van der Waals surface area contributed by atoms with E-state index in [1.165, 1.54) is 5.57 Å². The van der Waals surface area contributed by atoms with E-state index < -0.39 is 0 Å². The fraction of sp³-hybridized carbons (Fsp3) is 0.182. The van der Waals surface area contributed by atoms with E-state index >= 15 is 0 Å². The highest BCUT2D eigenvalue weighted by atomic mass is 16.1.